The van der Waals surface area contributed by atoms with Crippen molar-refractivity contribution < 1.29 is 29.4 Å². The zero-order valence-corrected chi connectivity index (χ0v) is 16.4. The van der Waals surface area contributed by atoms with Crippen molar-refractivity contribution in [3.05, 3.63) is 42.5 Å². The minimum atomic E-state index is -1.04. The number of hydrogen-bond donors (Lipinski definition) is 3. The van der Waals surface area contributed by atoms with Crippen molar-refractivity contribution >= 4 is 46.4 Å². The maximum Gasteiger partial charge on any atom is 0.335 e. The Balaban J connectivity index is 2.04. The predicted octanol–water partition coefficient (Wildman–Crippen LogP) is 1.87. The Morgan fingerprint density at radius 2 is 1.93 bits per heavy atom. The molecule has 1 aliphatic heterocycles. The molecule has 0 bridgehead atoms. The van der Waals surface area contributed by atoms with Gasteiger partial charge in [-0.05, 0) is 30.7 Å². The number of carbonyl (C=O) groups is 4. The molecule has 2 amide bonds. The van der Waals surface area contributed by atoms with E-state index in [0.29, 0.717) is 17.3 Å². The molecule has 0 saturated carbocycles. The van der Waals surface area contributed by atoms with Crippen LogP contribution in [0.3, 0.4) is 0 Å². The van der Waals surface area contributed by atoms with Crippen LogP contribution in [-0.2, 0) is 14.4 Å². The van der Waals surface area contributed by atoms with E-state index in [-0.39, 0.29) is 43.3 Å². The molecule has 1 heterocycles. The third-order valence-corrected chi connectivity index (χ3v) is 5.11. The number of hydrogen-bond acceptors (Lipinski definition) is 6. The zero-order valence-electron chi connectivity index (χ0n) is 15.5. The molecule has 2 rings (SSSR count). The highest BCUT2D eigenvalue weighted by Crippen LogP contribution is 2.31. The molecule has 0 aliphatic carbocycles. The Morgan fingerprint density at radius 1 is 1.24 bits per heavy atom. The van der Waals surface area contributed by atoms with E-state index < -0.39 is 17.2 Å². The third-order valence-electron chi connectivity index (χ3n) is 3.93. The van der Waals surface area contributed by atoms with Gasteiger partial charge in [-0.3, -0.25) is 19.3 Å². The molecular formula is C19H21N3O6S. The Bertz CT molecular complexity index is 837. The summed E-state index contributed by atoms with van der Waals surface area (Å²) in [6.07, 6.45) is 1.77. The number of amidine groups is 1. The van der Waals surface area contributed by atoms with Crippen LogP contribution in [0, 0.1) is 0 Å². The lowest BCUT2D eigenvalue weighted by Crippen LogP contribution is -2.35. The van der Waals surface area contributed by atoms with Crippen LogP contribution < -0.4 is 5.32 Å². The third kappa shape index (κ3) is 6.46. The minimum absolute atomic E-state index is 0.0397. The van der Waals surface area contributed by atoms with Crippen LogP contribution in [0.4, 0.5) is 5.69 Å². The summed E-state index contributed by atoms with van der Waals surface area (Å²) in [6, 6.07) is 5.91. The normalized spacial score (nSPS) is 17.4. The van der Waals surface area contributed by atoms with Gasteiger partial charge >= 0.3 is 11.9 Å². The number of benzene rings is 1. The van der Waals surface area contributed by atoms with E-state index >= 15 is 0 Å². The highest BCUT2D eigenvalue weighted by molar-refractivity contribution is 8.15. The molecule has 10 heteroatoms. The maximum atomic E-state index is 12.6. The van der Waals surface area contributed by atoms with Crippen LogP contribution in [0.2, 0.25) is 0 Å². The van der Waals surface area contributed by atoms with Crippen LogP contribution in [-0.4, -0.2) is 62.4 Å². The van der Waals surface area contributed by atoms with Gasteiger partial charge in [-0.1, -0.05) is 17.8 Å². The summed E-state index contributed by atoms with van der Waals surface area (Å²) >= 11 is 1.15. The van der Waals surface area contributed by atoms with E-state index in [2.05, 4.69) is 16.9 Å². The molecule has 1 unspecified atom stereocenters. The second-order valence-electron chi connectivity index (χ2n) is 6.14. The number of amides is 2. The van der Waals surface area contributed by atoms with Crippen molar-refractivity contribution in [2.75, 3.05) is 13.1 Å². The average Bonchev–Trinajstić information content (AvgIpc) is 2.94. The summed E-state index contributed by atoms with van der Waals surface area (Å²) in [7, 11) is 0. The van der Waals surface area contributed by atoms with E-state index in [1.165, 1.54) is 29.2 Å². The first-order valence-electron chi connectivity index (χ1n) is 8.81. The summed E-state index contributed by atoms with van der Waals surface area (Å²) in [4.78, 5) is 52.0. The molecule has 154 valence electrons. The maximum absolute atomic E-state index is 12.6. The van der Waals surface area contributed by atoms with E-state index in [9.17, 15) is 19.2 Å². The Hall–Kier alpha value is -3.14. The van der Waals surface area contributed by atoms with Crippen molar-refractivity contribution in [1.82, 2.24) is 10.2 Å². The molecule has 1 atom stereocenters. The van der Waals surface area contributed by atoms with Crippen molar-refractivity contribution in [2.45, 2.75) is 24.5 Å². The molecule has 0 spiro atoms. The number of nitrogens with one attached hydrogen (secondary N) is 1. The van der Waals surface area contributed by atoms with Gasteiger partial charge in [0.05, 0.1) is 11.3 Å². The average molecular weight is 419 g/mol. The summed E-state index contributed by atoms with van der Waals surface area (Å²) in [6.45, 7) is 4.09. The van der Waals surface area contributed by atoms with Gasteiger partial charge in [0.1, 0.15) is 5.25 Å². The van der Waals surface area contributed by atoms with E-state index in [1.807, 2.05) is 0 Å². The van der Waals surface area contributed by atoms with Gasteiger partial charge in [0, 0.05) is 25.9 Å². The predicted molar refractivity (Wildman–Crippen MR) is 108 cm³/mol. The first-order chi connectivity index (χ1) is 13.8. The fourth-order valence-corrected chi connectivity index (χ4v) is 3.69. The van der Waals surface area contributed by atoms with E-state index in [4.69, 9.17) is 10.2 Å². The number of aliphatic carboxylic acids is 1. The highest BCUT2D eigenvalue weighted by Gasteiger charge is 2.38. The molecule has 1 aliphatic rings. The fourth-order valence-electron chi connectivity index (χ4n) is 2.52. The lowest BCUT2D eigenvalue weighted by Gasteiger charge is -2.13. The van der Waals surface area contributed by atoms with Gasteiger partial charge in [-0.25, -0.2) is 9.79 Å². The highest BCUT2D eigenvalue weighted by atomic mass is 32.2. The van der Waals surface area contributed by atoms with Crippen LogP contribution >= 0.6 is 11.8 Å². The number of rotatable bonds is 10. The number of nitrogens with zero attached hydrogens (tertiary/aromatic N) is 2. The monoisotopic (exact) mass is 419 g/mol. The van der Waals surface area contributed by atoms with Gasteiger partial charge in [0.25, 0.3) is 0 Å². The molecule has 1 aromatic rings. The molecule has 0 aromatic heterocycles. The van der Waals surface area contributed by atoms with Gasteiger partial charge in [-0.2, -0.15) is 0 Å². The van der Waals surface area contributed by atoms with Gasteiger partial charge in [0.15, 0.2) is 5.17 Å². The van der Waals surface area contributed by atoms with Crippen molar-refractivity contribution in [1.29, 1.82) is 0 Å². The van der Waals surface area contributed by atoms with Crippen molar-refractivity contribution in [3.8, 4) is 0 Å². The number of carboxylic acid groups (broad SMARTS) is 2. The number of carbonyl (C=O) groups excluding carboxylic acids is 2. The summed E-state index contributed by atoms with van der Waals surface area (Å²) in [5, 5.41) is 19.9. The lowest BCUT2D eigenvalue weighted by atomic mass is 10.2. The quantitative estimate of drug-likeness (QED) is 0.389. The number of carboxylic acids is 2. The second kappa shape index (κ2) is 10.4. The molecular weight excluding hydrogens is 398 g/mol. The van der Waals surface area contributed by atoms with Crippen molar-refractivity contribution in [2.24, 2.45) is 4.99 Å². The Labute approximate surface area is 171 Å². The summed E-state index contributed by atoms with van der Waals surface area (Å²) < 4.78 is 0. The SMILES string of the molecule is C=CCN1C(=O)C(CC(=O)NCCCC(=O)O)SC1=Nc1ccc(C(=O)O)cc1. The summed E-state index contributed by atoms with van der Waals surface area (Å²) in [5.74, 6) is -2.58. The van der Waals surface area contributed by atoms with Crippen LogP contribution in [0.5, 0.6) is 0 Å². The lowest BCUT2D eigenvalue weighted by molar-refractivity contribution is -0.137. The van der Waals surface area contributed by atoms with Gasteiger partial charge < -0.3 is 15.5 Å². The molecule has 1 fully saturated rings. The Morgan fingerprint density at radius 3 is 2.52 bits per heavy atom. The summed E-state index contributed by atoms with van der Waals surface area (Å²) in [5.41, 5.74) is 0.614. The number of thioether (sulfide) groups is 1. The van der Waals surface area contributed by atoms with Crippen LogP contribution in [0.1, 0.15) is 29.6 Å². The second-order valence-corrected chi connectivity index (χ2v) is 7.31. The largest absolute Gasteiger partial charge is 0.481 e. The Kier molecular flexibility index (Phi) is 7.96. The van der Waals surface area contributed by atoms with Crippen LogP contribution in [0.25, 0.3) is 0 Å². The molecule has 1 aromatic carbocycles. The van der Waals surface area contributed by atoms with Gasteiger partial charge in [-0.15, -0.1) is 6.58 Å². The molecule has 3 N–H and O–H groups in total. The molecule has 0 radical (unpaired) electrons. The topological polar surface area (TPSA) is 136 Å². The van der Waals surface area contributed by atoms with E-state index in [1.54, 1.807) is 6.08 Å². The fraction of sp³-hybridized carbons (Fsp3) is 0.316. The van der Waals surface area contributed by atoms with Gasteiger partial charge in [0.2, 0.25) is 11.8 Å². The number of aromatic carboxylic acids is 1. The smallest absolute Gasteiger partial charge is 0.335 e. The standard InChI is InChI=1S/C19H21N3O6S/c1-2-10-22-17(26)14(11-15(23)20-9-3-4-16(24)25)29-19(22)21-13-7-5-12(6-8-13)18(27)28/h2,5-8,14H,1,3-4,9-11H2,(H,20,23)(H,24,25)(H,27,28). The minimum Gasteiger partial charge on any atom is -0.481 e. The zero-order chi connectivity index (χ0) is 21.4. The first-order valence-corrected chi connectivity index (χ1v) is 9.69. The van der Waals surface area contributed by atoms with Crippen LogP contribution in [0.15, 0.2) is 41.9 Å². The van der Waals surface area contributed by atoms with E-state index in [0.717, 1.165) is 11.8 Å². The first kappa shape index (κ1) is 22.2. The molecule has 29 heavy (non-hydrogen) atoms. The molecule has 1 saturated heterocycles. The number of aliphatic imine (C=N–C) groups is 1. The molecule has 9 nitrogen and oxygen atoms in total. The van der Waals surface area contributed by atoms with Crippen molar-refractivity contribution in [3.63, 3.8) is 0 Å².